The molecular formula is C11H15F2O3P. The van der Waals surface area contributed by atoms with Crippen LogP contribution in [0.15, 0.2) is 18.2 Å². The molecule has 0 fully saturated rings. The second-order valence-electron chi connectivity index (χ2n) is 3.34. The largest absolute Gasteiger partial charge is 0.335 e. The molecule has 1 aromatic rings. The molecule has 0 unspecified atom stereocenters. The van der Waals surface area contributed by atoms with Crippen molar-refractivity contribution in [2.45, 2.75) is 20.0 Å². The van der Waals surface area contributed by atoms with Gasteiger partial charge in [-0.25, -0.2) is 8.78 Å². The molecule has 6 heteroatoms. The molecule has 0 spiro atoms. The third kappa shape index (κ3) is 4.19. The number of hydrogen-bond acceptors (Lipinski definition) is 3. The summed E-state index contributed by atoms with van der Waals surface area (Å²) in [5.41, 5.74) is 0.122. The number of hydrogen-bond donors (Lipinski definition) is 0. The van der Waals surface area contributed by atoms with E-state index < -0.39 is 19.2 Å². The van der Waals surface area contributed by atoms with Crippen LogP contribution in [0.3, 0.4) is 0 Å². The monoisotopic (exact) mass is 264 g/mol. The normalized spacial score (nSPS) is 11.8. The average Bonchev–Trinajstić information content (AvgIpc) is 2.23. The van der Waals surface area contributed by atoms with Crippen LogP contribution in [0.1, 0.15) is 19.4 Å². The van der Waals surface area contributed by atoms with Gasteiger partial charge in [0.1, 0.15) is 11.6 Å². The van der Waals surface area contributed by atoms with E-state index in [4.69, 9.17) is 9.05 Å². The first-order valence-electron chi connectivity index (χ1n) is 5.33. The zero-order valence-electron chi connectivity index (χ0n) is 9.78. The molecule has 0 aliphatic carbocycles. The van der Waals surface area contributed by atoms with Gasteiger partial charge in [0.05, 0.1) is 19.4 Å². The second kappa shape index (κ2) is 6.24. The zero-order chi connectivity index (χ0) is 12.9. The molecule has 0 saturated heterocycles. The topological polar surface area (TPSA) is 35.5 Å². The number of rotatable bonds is 6. The minimum atomic E-state index is -3.35. The molecule has 0 bridgehead atoms. The summed E-state index contributed by atoms with van der Waals surface area (Å²) in [5.74, 6) is -1.42. The fraction of sp³-hybridized carbons (Fsp3) is 0.455. The third-order valence-electron chi connectivity index (χ3n) is 2.03. The maximum absolute atomic E-state index is 13.4. The highest BCUT2D eigenvalue weighted by molar-refractivity contribution is 7.53. The Hall–Kier alpha value is -0.770. The van der Waals surface area contributed by atoms with E-state index in [-0.39, 0.29) is 24.9 Å². The Balaban J connectivity index is 2.89. The van der Waals surface area contributed by atoms with Crippen molar-refractivity contribution < 1.29 is 22.4 Å². The highest BCUT2D eigenvalue weighted by Crippen LogP contribution is 2.51. The lowest BCUT2D eigenvalue weighted by Crippen LogP contribution is -2.01. The molecule has 0 aliphatic heterocycles. The smallest absolute Gasteiger partial charge is 0.309 e. The van der Waals surface area contributed by atoms with Crippen molar-refractivity contribution in [2.24, 2.45) is 0 Å². The number of benzene rings is 1. The average molecular weight is 264 g/mol. The maximum Gasteiger partial charge on any atom is 0.335 e. The molecule has 1 aromatic carbocycles. The lowest BCUT2D eigenvalue weighted by atomic mass is 10.2. The fourth-order valence-electron chi connectivity index (χ4n) is 1.38. The van der Waals surface area contributed by atoms with E-state index in [0.29, 0.717) is 0 Å². The van der Waals surface area contributed by atoms with E-state index in [1.165, 1.54) is 6.07 Å². The molecule has 0 atom stereocenters. The second-order valence-corrected chi connectivity index (χ2v) is 5.39. The van der Waals surface area contributed by atoms with Crippen LogP contribution in [-0.2, 0) is 19.8 Å². The standard InChI is InChI=1S/C11H15F2O3P/c1-3-15-17(14,16-4-2)8-9-5-6-10(12)7-11(9)13/h5-7H,3-4,8H2,1-2H3. The van der Waals surface area contributed by atoms with Crippen molar-refractivity contribution in [3.63, 3.8) is 0 Å². The Kier molecular flexibility index (Phi) is 5.25. The van der Waals surface area contributed by atoms with E-state index >= 15 is 0 Å². The molecular weight excluding hydrogens is 249 g/mol. The molecule has 0 aliphatic rings. The van der Waals surface area contributed by atoms with Gasteiger partial charge in [-0.2, -0.15) is 0 Å². The summed E-state index contributed by atoms with van der Waals surface area (Å²) in [5, 5.41) is 0. The highest BCUT2D eigenvalue weighted by atomic mass is 31.2. The van der Waals surface area contributed by atoms with Crippen molar-refractivity contribution in [3.05, 3.63) is 35.4 Å². The molecule has 96 valence electrons. The molecule has 0 radical (unpaired) electrons. The molecule has 1 rings (SSSR count). The van der Waals surface area contributed by atoms with E-state index in [2.05, 4.69) is 0 Å². The quantitative estimate of drug-likeness (QED) is 0.734. The minimum absolute atomic E-state index is 0.122. The van der Waals surface area contributed by atoms with Gasteiger partial charge in [-0.1, -0.05) is 6.07 Å². The minimum Gasteiger partial charge on any atom is -0.309 e. The highest BCUT2D eigenvalue weighted by Gasteiger charge is 2.25. The van der Waals surface area contributed by atoms with Crippen LogP contribution in [0.5, 0.6) is 0 Å². The first kappa shape index (κ1) is 14.3. The zero-order valence-corrected chi connectivity index (χ0v) is 10.7. The summed E-state index contributed by atoms with van der Waals surface area (Å²) in [6, 6.07) is 3.10. The molecule has 0 N–H and O–H groups in total. The molecule has 3 nitrogen and oxygen atoms in total. The molecule has 0 amide bonds. The van der Waals surface area contributed by atoms with Crippen LogP contribution in [0.2, 0.25) is 0 Å². The first-order valence-corrected chi connectivity index (χ1v) is 7.05. The van der Waals surface area contributed by atoms with Crippen LogP contribution in [0, 0.1) is 11.6 Å². The van der Waals surface area contributed by atoms with E-state index in [1.54, 1.807) is 13.8 Å². The summed E-state index contributed by atoms with van der Waals surface area (Å²) in [6.45, 7) is 3.76. The summed E-state index contributed by atoms with van der Waals surface area (Å²) >= 11 is 0. The van der Waals surface area contributed by atoms with E-state index in [1.807, 2.05) is 0 Å². The SMILES string of the molecule is CCOP(=O)(Cc1ccc(F)cc1F)OCC. The van der Waals surface area contributed by atoms with Crippen molar-refractivity contribution in [1.82, 2.24) is 0 Å². The van der Waals surface area contributed by atoms with Crippen LogP contribution < -0.4 is 0 Å². The van der Waals surface area contributed by atoms with Crippen LogP contribution in [-0.4, -0.2) is 13.2 Å². The predicted molar refractivity (Wildman–Crippen MR) is 60.9 cm³/mol. The third-order valence-corrected chi connectivity index (χ3v) is 4.06. The van der Waals surface area contributed by atoms with Gasteiger partial charge >= 0.3 is 7.60 Å². The summed E-state index contributed by atoms with van der Waals surface area (Å²) in [7, 11) is -3.35. The Morgan fingerprint density at radius 3 is 2.24 bits per heavy atom. The Bertz CT molecular complexity index is 413. The van der Waals surface area contributed by atoms with E-state index in [0.717, 1.165) is 12.1 Å². The molecule has 17 heavy (non-hydrogen) atoms. The van der Waals surface area contributed by atoms with E-state index in [9.17, 15) is 13.3 Å². The van der Waals surface area contributed by atoms with Gasteiger partial charge in [0, 0.05) is 11.6 Å². The Morgan fingerprint density at radius 1 is 1.18 bits per heavy atom. The maximum atomic E-state index is 13.4. The molecule has 0 aromatic heterocycles. The van der Waals surface area contributed by atoms with Crippen LogP contribution in [0.4, 0.5) is 8.78 Å². The lowest BCUT2D eigenvalue weighted by molar-refractivity contribution is 0.219. The van der Waals surface area contributed by atoms with Crippen molar-refractivity contribution >= 4 is 7.60 Å². The van der Waals surface area contributed by atoms with Gasteiger partial charge in [0.2, 0.25) is 0 Å². The lowest BCUT2D eigenvalue weighted by Gasteiger charge is -2.17. The number of halogens is 2. The first-order chi connectivity index (χ1) is 8.00. The van der Waals surface area contributed by atoms with Crippen LogP contribution in [0.25, 0.3) is 0 Å². The van der Waals surface area contributed by atoms with Gasteiger partial charge in [-0.05, 0) is 19.9 Å². The Labute approximate surface area is 99.3 Å². The summed E-state index contributed by atoms with van der Waals surface area (Å²) < 4.78 is 48.3. The van der Waals surface area contributed by atoms with Crippen molar-refractivity contribution in [1.29, 1.82) is 0 Å². The van der Waals surface area contributed by atoms with Gasteiger partial charge < -0.3 is 9.05 Å². The van der Waals surface area contributed by atoms with Gasteiger partial charge in [0.25, 0.3) is 0 Å². The molecule has 0 saturated carbocycles. The van der Waals surface area contributed by atoms with Crippen molar-refractivity contribution in [2.75, 3.05) is 13.2 Å². The van der Waals surface area contributed by atoms with Gasteiger partial charge in [-0.15, -0.1) is 0 Å². The summed E-state index contributed by atoms with van der Waals surface area (Å²) in [6.07, 6.45) is -0.194. The fourth-order valence-corrected chi connectivity index (χ4v) is 3.10. The molecule has 0 heterocycles. The predicted octanol–water partition coefficient (Wildman–Crippen LogP) is 3.73. The van der Waals surface area contributed by atoms with Gasteiger partial charge in [0.15, 0.2) is 0 Å². The van der Waals surface area contributed by atoms with Crippen LogP contribution >= 0.6 is 7.60 Å². The van der Waals surface area contributed by atoms with Crippen molar-refractivity contribution in [3.8, 4) is 0 Å². The Morgan fingerprint density at radius 2 is 1.76 bits per heavy atom. The summed E-state index contributed by atoms with van der Waals surface area (Å²) in [4.78, 5) is 0. The van der Waals surface area contributed by atoms with Gasteiger partial charge in [-0.3, -0.25) is 4.57 Å².